The van der Waals surface area contributed by atoms with Crippen LogP contribution in [0.15, 0.2) is 65.6 Å². The second-order valence-corrected chi connectivity index (χ2v) is 10.1. The van der Waals surface area contributed by atoms with Crippen molar-refractivity contribution in [2.45, 2.75) is 20.8 Å². The van der Waals surface area contributed by atoms with E-state index in [-0.39, 0.29) is 18.4 Å². The number of amides is 2. The first-order chi connectivity index (χ1) is 17.2. The second-order valence-electron chi connectivity index (χ2n) is 8.42. The van der Waals surface area contributed by atoms with Gasteiger partial charge in [-0.1, -0.05) is 59.9 Å². The average Bonchev–Trinajstić information content (AvgIpc) is 3.13. The Bertz CT molecular complexity index is 1370. The maximum absolute atomic E-state index is 13.0. The van der Waals surface area contributed by atoms with Crippen molar-refractivity contribution in [2.24, 2.45) is 0 Å². The molecule has 1 fully saturated rings. The van der Waals surface area contributed by atoms with Crippen LogP contribution >= 0.6 is 24.0 Å². The molecule has 3 aromatic rings. The summed E-state index contributed by atoms with van der Waals surface area (Å²) in [4.78, 5) is 27.5. The van der Waals surface area contributed by atoms with Crippen molar-refractivity contribution in [3.05, 3.63) is 87.8 Å². The van der Waals surface area contributed by atoms with Gasteiger partial charge in [-0.15, -0.1) is 0 Å². The van der Waals surface area contributed by atoms with Crippen LogP contribution < -0.4 is 19.7 Å². The first kappa shape index (κ1) is 25.5. The van der Waals surface area contributed by atoms with Gasteiger partial charge in [-0.2, -0.15) is 0 Å². The van der Waals surface area contributed by atoms with Crippen LogP contribution in [0, 0.1) is 20.8 Å². The van der Waals surface area contributed by atoms with Crippen molar-refractivity contribution < 1.29 is 19.1 Å². The van der Waals surface area contributed by atoms with E-state index in [1.54, 1.807) is 24.3 Å². The Morgan fingerprint density at radius 3 is 2.44 bits per heavy atom. The number of aryl methyl sites for hydroxylation is 3. The maximum Gasteiger partial charge on any atom is 0.270 e. The number of nitrogens with one attached hydrogen (secondary N) is 1. The van der Waals surface area contributed by atoms with Crippen molar-refractivity contribution in [1.29, 1.82) is 0 Å². The van der Waals surface area contributed by atoms with Crippen LogP contribution in [0.1, 0.15) is 22.3 Å². The molecule has 3 aromatic carbocycles. The molecule has 0 unspecified atom stereocenters. The molecular formula is C28H26N2O4S2. The fourth-order valence-electron chi connectivity index (χ4n) is 3.63. The van der Waals surface area contributed by atoms with Gasteiger partial charge in [-0.05, 0) is 73.9 Å². The number of nitrogens with zero attached hydrogens (tertiary/aromatic N) is 1. The second kappa shape index (κ2) is 11.0. The van der Waals surface area contributed by atoms with Gasteiger partial charge in [-0.3, -0.25) is 14.5 Å². The molecule has 184 valence electrons. The molecule has 0 aromatic heterocycles. The van der Waals surface area contributed by atoms with E-state index < -0.39 is 0 Å². The fourth-order valence-corrected chi connectivity index (χ4v) is 4.93. The number of thiocarbonyl (C=S) groups is 1. The SMILES string of the molecule is COc1cc(/C=C2\SC(=S)N(c3ccc(C)cc3)C2=O)ccc1OCC(=O)Nc1cc(C)ccc1C. The number of hydrogen-bond acceptors (Lipinski definition) is 6. The van der Waals surface area contributed by atoms with Crippen molar-refractivity contribution in [3.63, 3.8) is 0 Å². The summed E-state index contributed by atoms with van der Waals surface area (Å²) < 4.78 is 11.7. The lowest BCUT2D eigenvalue weighted by atomic mass is 10.1. The molecule has 1 heterocycles. The fraction of sp³-hybridized carbons (Fsp3) is 0.179. The lowest BCUT2D eigenvalue weighted by molar-refractivity contribution is -0.118. The lowest BCUT2D eigenvalue weighted by Gasteiger charge is -2.14. The third-order valence-corrected chi connectivity index (χ3v) is 6.90. The Labute approximate surface area is 220 Å². The highest BCUT2D eigenvalue weighted by Crippen LogP contribution is 2.37. The molecule has 1 N–H and O–H groups in total. The highest BCUT2D eigenvalue weighted by molar-refractivity contribution is 8.27. The maximum atomic E-state index is 13.0. The summed E-state index contributed by atoms with van der Waals surface area (Å²) in [5.41, 5.74) is 5.40. The van der Waals surface area contributed by atoms with Gasteiger partial charge in [0.15, 0.2) is 22.4 Å². The van der Waals surface area contributed by atoms with Crippen molar-refractivity contribution in [3.8, 4) is 11.5 Å². The highest BCUT2D eigenvalue weighted by Gasteiger charge is 2.33. The zero-order valence-electron chi connectivity index (χ0n) is 20.5. The largest absolute Gasteiger partial charge is 0.493 e. The zero-order chi connectivity index (χ0) is 25.8. The molecular weight excluding hydrogens is 492 g/mol. The van der Waals surface area contributed by atoms with E-state index in [4.69, 9.17) is 21.7 Å². The number of ether oxygens (including phenoxy) is 2. The van der Waals surface area contributed by atoms with Crippen molar-refractivity contribution >= 4 is 57.6 Å². The van der Waals surface area contributed by atoms with Gasteiger partial charge in [0.2, 0.25) is 0 Å². The Kier molecular flexibility index (Phi) is 7.76. The van der Waals surface area contributed by atoms with Gasteiger partial charge < -0.3 is 14.8 Å². The number of rotatable bonds is 7. The number of benzene rings is 3. The first-order valence-corrected chi connectivity index (χ1v) is 12.5. The van der Waals surface area contributed by atoms with Gasteiger partial charge in [0, 0.05) is 5.69 Å². The Balaban J connectivity index is 1.45. The molecule has 0 bridgehead atoms. The predicted octanol–water partition coefficient (Wildman–Crippen LogP) is 6.04. The summed E-state index contributed by atoms with van der Waals surface area (Å²) in [6.07, 6.45) is 1.77. The third-order valence-electron chi connectivity index (χ3n) is 5.60. The average molecular weight is 519 g/mol. The van der Waals surface area contributed by atoms with Crippen LogP contribution in [-0.4, -0.2) is 29.9 Å². The van der Waals surface area contributed by atoms with E-state index in [0.29, 0.717) is 20.7 Å². The minimum atomic E-state index is -0.269. The zero-order valence-corrected chi connectivity index (χ0v) is 22.1. The molecule has 1 aliphatic rings. The van der Waals surface area contributed by atoms with Gasteiger partial charge in [0.1, 0.15) is 0 Å². The number of carbonyl (C=O) groups excluding carboxylic acids is 2. The molecule has 8 heteroatoms. The van der Waals surface area contributed by atoms with Crippen LogP contribution in [-0.2, 0) is 9.59 Å². The van der Waals surface area contributed by atoms with Crippen LogP contribution in [0.2, 0.25) is 0 Å². The normalized spacial score (nSPS) is 14.3. The number of anilines is 2. The predicted molar refractivity (Wildman–Crippen MR) is 150 cm³/mol. The first-order valence-electron chi connectivity index (χ1n) is 11.3. The minimum absolute atomic E-state index is 0.168. The van der Waals surface area contributed by atoms with E-state index >= 15 is 0 Å². The van der Waals surface area contributed by atoms with Gasteiger partial charge in [0.05, 0.1) is 17.7 Å². The molecule has 0 atom stereocenters. The molecule has 1 saturated heterocycles. The van der Waals surface area contributed by atoms with Crippen LogP contribution in [0.4, 0.5) is 11.4 Å². The molecule has 6 nitrogen and oxygen atoms in total. The molecule has 0 saturated carbocycles. The summed E-state index contributed by atoms with van der Waals surface area (Å²) in [6.45, 7) is 5.73. The van der Waals surface area contributed by atoms with Crippen LogP contribution in [0.5, 0.6) is 11.5 Å². The smallest absolute Gasteiger partial charge is 0.270 e. The molecule has 0 spiro atoms. The molecule has 4 rings (SSSR count). The number of thioether (sulfide) groups is 1. The Morgan fingerprint density at radius 1 is 1.00 bits per heavy atom. The summed E-state index contributed by atoms with van der Waals surface area (Å²) in [5.74, 6) is 0.445. The van der Waals surface area contributed by atoms with Crippen LogP contribution in [0.25, 0.3) is 6.08 Å². The summed E-state index contributed by atoms with van der Waals surface area (Å²) in [6, 6.07) is 18.8. The van der Waals surface area contributed by atoms with Gasteiger partial charge in [0.25, 0.3) is 11.8 Å². The number of methoxy groups -OCH3 is 1. The standard InChI is InChI=1S/C28H26N2O4S2/c1-17-6-10-21(11-7-17)30-27(32)25(36-28(30)35)15-20-9-12-23(24(14-20)33-4)34-16-26(31)29-22-13-18(2)5-8-19(22)3/h5-15H,16H2,1-4H3,(H,29,31)/b25-15-. The molecule has 0 aliphatic carbocycles. The third kappa shape index (κ3) is 5.78. The van der Waals surface area contributed by atoms with E-state index in [1.165, 1.54) is 23.8 Å². The van der Waals surface area contributed by atoms with E-state index in [1.807, 2.05) is 63.2 Å². The monoisotopic (exact) mass is 518 g/mol. The quantitative estimate of drug-likeness (QED) is 0.304. The minimum Gasteiger partial charge on any atom is -0.493 e. The van der Waals surface area contributed by atoms with Gasteiger partial charge >= 0.3 is 0 Å². The van der Waals surface area contributed by atoms with Crippen molar-refractivity contribution in [2.75, 3.05) is 23.9 Å². The Hall–Kier alpha value is -3.62. The molecule has 1 aliphatic heterocycles. The Morgan fingerprint density at radius 2 is 1.72 bits per heavy atom. The molecule has 0 radical (unpaired) electrons. The summed E-state index contributed by atoms with van der Waals surface area (Å²) >= 11 is 6.71. The topological polar surface area (TPSA) is 67.9 Å². The van der Waals surface area contributed by atoms with E-state index in [9.17, 15) is 9.59 Å². The lowest BCUT2D eigenvalue weighted by Crippen LogP contribution is -2.27. The van der Waals surface area contributed by atoms with E-state index in [0.717, 1.165) is 33.6 Å². The number of carbonyl (C=O) groups is 2. The summed E-state index contributed by atoms with van der Waals surface area (Å²) in [7, 11) is 1.53. The van der Waals surface area contributed by atoms with Gasteiger partial charge in [-0.25, -0.2) is 0 Å². The molecule has 36 heavy (non-hydrogen) atoms. The highest BCUT2D eigenvalue weighted by atomic mass is 32.2. The molecule has 2 amide bonds. The van der Waals surface area contributed by atoms with E-state index in [2.05, 4.69) is 5.32 Å². The van der Waals surface area contributed by atoms with Crippen LogP contribution in [0.3, 0.4) is 0 Å². The summed E-state index contributed by atoms with van der Waals surface area (Å²) in [5, 5.41) is 2.88. The van der Waals surface area contributed by atoms with Crippen molar-refractivity contribution in [1.82, 2.24) is 0 Å². The number of hydrogen-bond donors (Lipinski definition) is 1.